The molecule has 2 aromatic rings. The molecule has 2 aromatic carbocycles. The number of aryl methyl sites for hydroxylation is 1. The fourth-order valence-electron chi connectivity index (χ4n) is 2.36. The summed E-state index contributed by atoms with van der Waals surface area (Å²) in [6.07, 6.45) is 3.11. The van der Waals surface area contributed by atoms with Crippen LogP contribution < -0.4 is 14.2 Å². The van der Waals surface area contributed by atoms with Gasteiger partial charge < -0.3 is 9.47 Å². The van der Waals surface area contributed by atoms with Crippen molar-refractivity contribution in [2.75, 3.05) is 18.9 Å². The molecule has 0 aliphatic rings. The SMILES string of the molecule is CCCCc1ccc(S(=O)(=O)Nc2cc(Cl)c(OC)cc2OC)cc1. The number of sulfonamides is 1. The summed E-state index contributed by atoms with van der Waals surface area (Å²) in [6, 6.07) is 9.88. The van der Waals surface area contributed by atoms with Crippen molar-refractivity contribution in [3.05, 3.63) is 47.0 Å². The van der Waals surface area contributed by atoms with Crippen LogP contribution in [0.2, 0.25) is 5.02 Å². The molecule has 0 fully saturated rings. The van der Waals surface area contributed by atoms with Crippen molar-refractivity contribution in [2.24, 2.45) is 0 Å². The highest BCUT2D eigenvalue weighted by molar-refractivity contribution is 7.92. The predicted molar refractivity (Wildman–Crippen MR) is 100 cm³/mol. The van der Waals surface area contributed by atoms with Gasteiger partial charge in [0.15, 0.2) is 0 Å². The third kappa shape index (κ3) is 4.80. The first kappa shape index (κ1) is 19.4. The minimum Gasteiger partial charge on any atom is -0.495 e. The van der Waals surface area contributed by atoms with Crippen LogP contribution in [0.1, 0.15) is 25.3 Å². The highest BCUT2D eigenvalue weighted by atomic mass is 35.5. The van der Waals surface area contributed by atoms with Gasteiger partial charge in [-0.1, -0.05) is 37.1 Å². The van der Waals surface area contributed by atoms with Crippen LogP contribution in [0.4, 0.5) is 5.69 Å². The summed E-state index contributed by atoms with van der Waals surface area (Å²) in [6.45, 7) is 2.12. The lowest BCUT2D eigenvalue weighted by atomic mass is 10.1. The summed E-state index contributed by atoms with van der Waals surface area (Å²) < 4.78 is 38.1. The summed E-state index contributed by atoms with van der Waals surface area (Å²) in [5.41, 5.74) is 1.37. The Morgan fingerprint density at radius 3 is 2.24 bits per heavy atom. The first-order valence-electron chi connectivity index (χ1n) is 7.94. The second-order valence-electron chi connectivity index (χ2n) is 5.54. The van der Waals surface area contributed by atoms with E-state index in [0.717, 1.165) is 24.8 Å². The number of rotatable bonds is 8. The zero-order valence-corrected chi connectivity index (χ0v) is 16.1. The van der Waals surface area contributed by atoms with Gasteiger partial charge in [0.05, 0.1) is 29.8 Å². The highest BCUT2D eigenvalue weighted by Crippen LogP contribution is 2.36. The van der Waals surface area contributed by atoms with Crippen molar-refractivity contribution in [1.29, 1.82) is 0 Å². The Morgan fingerprint density at radius 1 is 1.04 bits per heavy atom. The molecule has 0 amide bonds. The molecule has 0 aliphatic heterocycles. The van der Waals surface area contributed by atoms with E-state index in [9.17, 15) is 8.42 Å². The molecule has 0 heterocycles. The molecule has 0 aromatic heterocycles. The van der Waals surface area contributed by atoms with Gasteiger partial charge in [0.1, 0.15) is 11.5 Å². The third-order valence-corrected chi connectivity index (χ3v) is 5.45. The number of hydrogen-bond acceptors (Lipinski definition) is 4. The molecular weight excluding hydrogens is 362 g/mol. The number of halogens is 1. The standard InChI is InChI=1S/C18H22ClNO4S/c1-4-5-6-13-7-9-14(10-8-13)25(21,22)20-16-11-15(19)17(23-2)12-18(16)24-3/h7-12,20H,4-6H2,1-3H3. The molecule has 5 nitrogen and oxygen atoms in total. The van der Waals surface area contributed by atoms with Gasteiger partial charge in [0, 0.05) is 6.07 Å². The molecule has 0 radical (unpaired) electrons. The Morgan fingerprint density at radius 2 is 1.68 bits per heavy atom. The van der Waals surface area contributed by atoms with E-state index in [-0.39, 0.29) is 15.6 Å². The Labute approximate surface area is 154 Å². The second kappa shape index (κ2) is 8.45. The number of methoxy groups -OCH3 is 2. The first-order valence-corrected chi connectivity index (χ1v) is 9.80. The molecule has 2 rings (SSSR count). The van der Waals surface area contributed by atoms with E-state index in [2.05, 4.69) is 11.6 Å². The Balaban J connectivity index is 2.28. The number of ether oxygens (including phenoxy) is 2. The topological polar surface area (TPSA) is 64.6 Å². The minimum absolute atomic E-state index is 0.182. The first-order chi connectivity index (χ1) is 11.9. The van der Waals surface area contributed by atoms with Crippen LogP contribution >= 0.6 is 11.6 Å². The molecule has 0 aliphatic carbocycles. The van der Waals surface area contributed by atoms with Crippen molar-refractivity contribution < 1.29 is 17.9 Å². The summed E-state index contributed by atoms with van der Waals surface area (Å²) in [7, 11) is -0.825. The van der Waals surface area contributed by atoms with E-state index in [1.165, 1.54) is 26.4 Å². The van der Waals surface area contributed by atoms with Crippen molar-refractivity contribution in [1.82, 2.24) is 0 Å². The lowest BCUT2D eigenvalue weighted by Gasteiger charge is -2.14. The maximum atomic E-state index is 12.6. The molecule has 0 spiro atoms. The number of hydrogen-bond donors (Lipinski definition) is 1. The van der Waals surface area contributed by atoms with E-state index < -0.39 is 10.0 Å². The third-order valence-electron chi connectivity index (χ3n) is 3.77. The van der Waals surface area contributed by atoms with E-state index in [1.54, 1.807) is 12.1 Å². The minimum atomic E-state index is -3.75. The van der Waals surface area contributed by atoms with E-state index in [4.69, 9.17) is 21.1 Å². The van der Waals surface area contributed by atoms with Crippen molar-refractivity contribution in [3.63, 3.8) is 0 Å². The van der Waals surface area contributed by atoms with E-state index in [0.29, 0.717) is 11.5 Å². The molecule has 0 unspecified atom stereocenters. The van der Waals surface area contributed by atoms with Gasteiger partial charge in [-0.3, -0.25) is 4.72 Å². The number of anilines is 1. The summed E-state index contributed by atoms with van der Waals surface area (Å²) in [4.78, 5) is 0.182. The van der Waals surface area contributed by atoms with Crippen LogP contribution in [0.5, 0.6) is 11.5 Å². The zero-order valence-electron chi connectivity index (χ0n) is 14.5. The highest BCUT2D eigenvalue weighted by Gasteiger charge is 2.18. The van der Waals surface area contributed by atoms with Crippen molar-refractivity contribution >= 4 is 27.3 Å². The van der Waals surface area contributed by atoms with Crippen LogP contribution in [-0.2, 0) is 16.4 Å². The fourth-order valence-corrected chi connectivity index (χ4v) is 3.66. The zero-order chi connectivity index (χ0) is 18.4. The summed E-state index contributed by atoms with van der Waals surface area (Å²) in [5, 5.41) is 0.288. The van der Waals surface area contributed by atoms with Crippen molar-refractivity contribution in [3.8, 4) is 11.5 Å². The number of benzene rings is 2. The quantitative estimate of drug-likeness (QED) is 0.728. The van der Waals surface area contributed by atoms with Crippen LogP contribution in [0.3, 0.4) is 0 Å². The van der Waals surface area contributed by atoms with Crippen LogP contribution in [-0.4, -0.2) is 22.6 Å². The molecular formula is C18H22ClNO4S. The second-order valence-corrected chi connectivity index (χ2v) is 7.63. The summed E-state index contributed by atoms with van der Waals surface area (Å²) in [5.74, 6) is 0.728. The normalized spacial score (nSPS) is 11.2. The Kier molecular flexibility index (Phi) is 6.56. The van der Waals surface area contributed by atoms with Crippen LogP contribution in [0.15, 0.2) is 41.3 Å². The van der Waals surface area contributed by atoms with Gasteiger partial charge in [0.2, 0.25) is 0 Å². The lowest BCUT2D eigenvalue weighted by molar-refractivity contribution is 0.396. The van der Waals surface area contributed by atoms with Gasteiger partial charge in [-0.15, -0.1) is 0 Å². The smallest absolute Gasteiger partial charge is 0.262 e. The Hall–Kier alpha value is -1.92. The predicted octanol–water partition coefficient (Wildman–Crippen LogP) is 4.50. The molecule has 25 heavy (non-hydrogen) atoms. The van der Waals surface area contributed by atoms with Gasteiger partial charge >= 0.3 is 0 Å². The molecule has 0 saturated carbocycles. The van der Waals surface area contributed by atoms with E-state index in [1.807, 2.05) is 12.1 Å². The van der Waals surface area contributed by atoms with Crippen molar-refractivity contribution in [2.45, 2.75) is 31.1 Å². The fraction of sp³-hybridized carbons (Fsp3) is 0.333. The lowest BCUT2D eigenvalue weighted by Crippen LogP contribution is -2.13. The number of nitrogens with one attached hydrogen (secondary N) is 1. The largest absolute Gasteiger partial charge is 0.495 e. The van der Waals surface area contributed by atoms with Crippen LogP contribution in [0, 0.1) is 0 Å². The maximum Gasteiger partial charge on any atom is 0.262 e. The molecule has 0 bridgehead atoms. The average molecular weight is 384 g/mol. The average Bonchev–Trinajstić information content (AvgIpc) is 2.60. The Bertz CT molecular complexity index is 820. The van der Waals surface area contributed by atoms with Gasteiger partial charge in [-0.25, -0.2) is 8.42 Å². The molecule has 136 valence electrons. The van der Waals surface area contributed by atoms with Gasteiger partial charge in [-0.2, -0.15) is 0 Å². The summed E-state index contributed by atoms with van der Waals surface area (Å²) >= 11 is 6.09. The molecule has 0 atom stereocenters. The number of unbranched alkanes of at least 4 members (excludes halogenated alkanes) is 1. The van der Waals surface area contributed by atoms with E-state index >= 15 is 0 Å². The van der Waals surface area contributed by atoms with Gasteiger partial charge in [-0.05, 0) is 36.6 Å². The molecule has 1 N–H and O–H groups in total. The molecule has 7 heteroatoms. The molecule has 0 saturated heterocycles. The van der Waals surface area contributed by atoms with Gasteiger partial charge in [0.25, 0.3) is 10.0 Å². The maximum absolute atomic E-state index is 12.6. The monoisotopic (exact) mass is 383 g/mol. The van der Waals surface area contributed by atoms with Crippen LogP contribution in [0.25, 0.3) is 0 Å².